The molecule has 8 heteroatoms. The van der Waals surface area contributed by atoms with Crippen LogP contribution in [0, 0.1) is 0 Å². The largest absolute Gasteiger partial charge is 0.497 e. The van der Waals surface area contributed by atoms with Crippen LogP contribution in [0.2, 0.25) is 0 Å². The summed E-state index contributed by atoms with van der Waals surface area (Å²) in [6.07, 6.45) is 0. The van der Waals surface area contributed by atoms with Gasteiger partial charge in [0.05, 0.1) is 26.8 Å². The average Bonchev–Trinajstić information content (AvgIpc) is 2.67. The van der Waals surface area contributed by atoms with E-state index in [1.165, 1.54) is 33.4 Å². The van der Waals surface area contributed by atoms with Gasteiger partial charge in [0.2, 0.25) is 15.9 Å². The maximum Gasteiger partial charge on any atom is 0.247 e. The number of likely N-dealkylation sites (N-methyl/N-ethyl adjacent to an activating group) is 1. The number of carbonyl (C=O) groups excluding carboxylic acids is 1. The Morgan fingerprint density at radius 2 is 1.78 bits per heavy atom. The second-order valence-corrected chi connectivity index (χ2v) is 7.99. The highest BCUT2D eigenvalue weighted by atomic mass is 32.2. The fourth-order valence-electron chi connectivity index (χ4n) is 2.55. The van der Waals surface area contributed by atoms with Crippen molar-refractivity contribution in [2.45, 2.75) is 17.9 Å². The highest BCUT2D eigenvalue weighted by Gasteiger charge is 2.27. The molecule has 1 atom stereocenters. The molecule has 27 heavy (non-hydrogen) atoms. The number of benzene rings is 2. The lowest BCUT2D eigenvalue weighted by Gasteiger charge is -2.20. The van der Waals surface area contributed by atoms with Crippen molar-refractivity contribution < 1.29 is 22.7 Å². The molecule has 0 aliphatic heterocycles. The van der Waals surface area contributed by atoms with E-state index < -0.39 is 15.9 Å². The van der Waals surface area contributed by atoms with Gasteiger partial charge in [0.1, 0.15) is 16.4 Å². The molecule has 0 bridgehead atoms. The second kappa shape index (κ2) is 8.88. The Bertz CT molecular complexity index is 884. The van der Waals surface area contributed by atoms with E-state index in [1.807, 2.05) is 37.3 Å². The summed E-state index contributed by atoms with van der Waals surface area (Å²) < 4.78 is 37.0. The number of nitrogens with zero attached hydrogens (tertiary/aromatic N) is 1. The third-order valence-electron chi connectivity index (χ3n) is 4.10. The fraction of sp³-hybridized carbons (Fsp3) is 0.316. The Labute approximate surface area is 160 Å². The van der Waals surface area contributed by atoms with E-state index in [0.717, 1.165) is 9.87 Å². The minimum atomic E-state index is -3.94. The van der Waals surface area contributed by atoms with Crippen molar-refractivity contribution in [1.82, 2.24) is 9.62 Å². The second-order valence-electron chi connectivity index (χ2n) is 5.98. The normalized spacial score (nSPS) is 12.5. The maximum atomic E-state index is 12.9. The molecule has 0 fully saturated rings. The number of carbonyl (C=O) groups is 1. The molecule has 2 aromatic carbocycles. The topological polar surface area (TPSA) is 84.9 Å². The van der Waals surface area contributed by atoms with Crippen LogP contribution in [0.3, 0.4) is 0 Å². The quantitative estimate of drug-likeness (QED) is 0.744. The van der Waals surface area contributed by atoms with Crippen LogP contribution in [0.1, 0.15) is 18.5 Å². The molecule has 146 valence electrons. The fourth-order valence-corrected chi connectivity index (χ4v) is 3.85. The molecular weight excluding hydrogens is 368 g/mol. The zero-order valence-corrected chi connectivity index (χ0v) is 16.6. The molecule has 1 N–H and O–H groups in total. The standard InChI is InChI=1S/C19H24N2O5S/c1-14(15-8-6-5-7-9-15)20-19(22)13-21(2)27(23,24)18-12-16(25-3)10-11-17(18)26-4/h5-12,14H,13H2,1-4H3,(H,20,22)/t14-/m1/s1. The third-order valence-corrected chi connectivity index (χ3v) is 5.93. The van der Waals surface area contributed by atoms with Gasteiger partial charge in [-0.05, 0) is 24.6 Å². The molecular formula is C19H24N2O5S. The number of sulfonamides is 1. The summed E-state index contributed by atoms with van der Waals surface area (Å²) in [6.45, 7) is 1.52. The Morgan fingerprint density at radius 3 is 2.37 bits per heavy atom. The summed E-state index contributed by atoms with van der Waals surface area (Å²) in [5, 5.41) is 2.80. The predicted octanol–water partition coefficient (Wildman–Crippen LogP) is 2.20. The van der Waals surface area contributed by atoms with Crippen LogP contribution in [-0.2, 0) is 14.8 Å². The van der Waals surface area contributed by atoms with E-state index in [1.54, 1.807) is 6.07 Å². The van der Waals surface area contributed by atoms with E-state index in [9.17, 15) is 13.2 Å². The molecule has 1 amide bonds. The molecule has 0 aliphatic rings. The molecule has 2 aromatic rings. The number of amides is 1. The first-order valence-electron chi connectivity index (χ1n) is 8.32. The maximum absolute atomic E-state index is 12.9. The van der Waals surface area contributed by atoms with Crippen LogP contribution in [0.5, 0.6) is 11.5 Å². The van der Waals surface area contributed by atoms with Crippen molar-refractivity contribution in [1.29, 1.82) is 0 Å². The van der Waals surface area contributed by atoms with Gasteiger partial charge in [0.25, 0.3) is 0 Å². The van der Waals surface area contributed by atoms with Gasteiger partial charge in [-0.1, -0.05) is 30.3 Å². The first-order chi connectivity index (χ1) is 12.8. The number of methoxy groups -OCH3 is 2. The van der Waals surface area contributed by atoms with Crippen LogP contribution in [0.4, 0.5) is 0 Å². The van der Waals surface area contributed by atoms with Gasteiger partial charge < -0.3 is 14.8 Å². The van der Waals surface area contributed by atoms with E-state index >= 15 is 0 Å². The van der Waals surface area contributed by atoms with Gasteiger partial charge in [-0.3, -0.25) is 4.79 Å². The van der Waals surface area contributed by atoms with Gasteiger partial charge in [0.15, 0.2) is 0 Å². The van der Waals surface area contributed by atoms with Crippen molar-refractivity contribution in [3.8, 4) is 11.5 Å². The van der Waals surface area contributed by atoms with Gasteiger partial charge in [-0.2, -0.15) is 4.31 Å². The SMILES string of the molecule is COc1ccc(OC)c(S(=O)(=O)N(C)CC(=O)N[C@H](C)c2ccccc2)c1. The van der Waals surface area contributed by atoms with E-state index in [0.29, 0.717) is 5.75 Å². The lowest BCUT2D eigenvalue weighted by atomic mass is 10.1. The molecule has 2 rings (SSSR count). The van der Waals surface area contributed by atoms with Crippen LogP contribution in [-0.4, -0.2) is 46.4 Å². The number of rotatable bonds is 8. The third kappa shape index (κ3) is 4.99. The molecule has 0 heterocycles. The van der Waals surface area contributed by atoms with Crippen molar-refractivity contribution in [3.05, 3.63) is 54.1 Å². The Kier molecular flexibility index (Phi) is 6.81. The van der Waals surface area contributed by atoms with E-state index in [4.69, 9.17) is 9.47 Å². The summed E-state index contributed by atoms with van der Waals surface area (Å²) in [7, 11) is 0.235. The monoisotopic (exact) mass is 392 g/mol. The van der Waals surface area contributed by atoms with Gasteiger partial charge in [-0.25, -0.2) is 8.42 Å². The zero-order chi connectivity index (χ0) is 20.0. The summed E-state index contributed by atoms with van der Waals surface area (Å²) in [5.41, 5.74) is 0.936. The predicted molar refractivity (Wildman–Crippen MR) is 102 cm³/mol. The molecule has 0 aliphatic carbocycles. The number of ether oxygens (including phenoxy) is 2. The van der Waals surface area contributed by atoms with E-state index in [2.05, 4.69) is 5.32 Å². The van der Waals surface area contributed by atoms with Gasteiger partial charge >= 0.3 is 0 Å². The first kappa shape index (κ1) is 20.7. The van der Waals surface area contributed by atoms with Crippen molar-refractivity contribution in [2.24, 2.45) is 0 Å². The molecule has 0 saturated heterocycles. The van der Waals surface area contributed by atoms with E-state index in [-0.39, 0.29) is 23.2 Å². The first-order valence-corrected chi connectivity index (χ1v) is 9.76. The average molecular weight is 392 g/mol. The molecule has 0 aromatic heterocycles. The lowest BCUT2D eigenvalue weighted by molar-refractivity contribution is -0.121. The number of hydrogen-bond donors (Lipinski definition) is 1. The Balaban J connectivity index is 2.14. The highest BCUT2D eigenvalue weighted by Crippen LogP contribution is 2.30. The molecule has 7 nitrogen and oxygen atoms in total. The smallest absolute Gasteiger partial charge is 0.247 e. The van der Waals surface area contributed by atoms with Crippen LogP contribution in [0.15, 0.2) is 53.4 Å². The minimum Gasteiger partial charge on any atom is -0.497 e. The summed E-state index contributed by atoms with van der Waals surface area (Å²) in [5.74, 6) is 0.157. The van der Waals surface area contributed by atoms with Crippen molar-refractivity contribution >= 4 is 15.9 Å². The Morgan fingerprint density at radius 1 is 1.11 bits per heavy atom. The summed E-state index contributed by atoms with van der Waals surface area (Å²) in [4.78, 5) is 12.3. The van der Waals surface area contributed by atoms with Crippen LogP contribution >= 0.6 is 0 Å². The number of hydrogen-bond acceptors (Lipinski definition) is 5. The molecule has 0 saturated carbocycles. The van der Waals surface area contributed by atoms with Crippen LogP contribution in [0.25, 0.3) is 0 Å². The van der Waals surface area contributed by atoms with Gasteiger partial charge in [0, 0.05) is 13.1 Å². The minimum absolute atomic E-state index is 0.0595. The van der Waals surface area contributed by atoms with Crippen LogP contribution < -0.4 is 14.8 Å². The number of nitrogens with one attached hydrogen (secondary N) is 1. The molecule has 0 radical (unpaired) electrons. The Hall–Kier alpha value is -2.58. The van der Waals surface area contributed by atoms with Gasteiger partial charge in [-0.15, -0.1) is 0 Å². The molecule has 0 unspecified atom stereocenters. The van der Waals surface area contributed by atoms with Crippen molar-refractivity contribution in [2.75, 3.05) is 27.8 Å². The summed E-state index contributed by atoms with van der Waals surface area (Å²) in [6, 6.07) is 13.7. The molecule has 0 spiro atoms. The van der Waals surface area contributed by atoms with Crippen molar-refractivity contribution in [3.63, 3.8) is 0 Å². The zero-order valence-electron chi connectivity index (χ0n) is 15.8. The highest BCUT2D eigenvalue weighted by molar-refractivity contribution is 7.89. The lowest BCUT2D eigenvalue weighted by Crippen LogP contribution is -2.39. The summed E-state index contributed by atoms with van der Waals surface area (Å²) >= 11 is 0.